The number of nitrogens with zero attached hydrogens (tertiary/aromatic N) is 2. The predicted molar refractivity (Wildman–Crippen MR) is 87.2 cm³/mol. The van der Waals surface area contributed by atoms with E-state index in [2.05, 4.69) is 66.3 Å². The molecule has 112 valence electrons. The molecule has 2 atom stereocenters. The highest BCUT2D eigenvalue weighted by Crippen LogP contribution is 2.38. The van der Waals surface area contributed by atoms with Gasteiger partial charge < -0.3 is 5.32 Å². The fourth-order valence-corrected chi connectivity index (χ4v) is 2.87. The Labute approximate surface area is 127 Å². The van der Waals surface area contributed by atoms with Gasteiger partial charge in [0.2, 0.25) is 0 Å². The van der Waals surface area contributed by atoms with Crippen LogP contribution in [0.2, 0.25) is 0 Å². The Bertz CT molecular complexity index is 580. The maximum absolute atomic E-state index is 4.60. The van der Waals surface area contributed by atoms with Crippen LogP contribution < -0.4 is 5.32 Å². The van der Waals surface area contributed by atoms with E-state index in [9.17, 15) is 0 Å². The van der Waals surface area contributed by atoms with Crippen LogP contribution in [-0.4, -0.2) is 21.9 Å². The van der Waals surface area contributed by atoms with Gasteiger partial charge in [0, 0.05) is 23.8 Å². The number of benzene rings is 1. The largest absolute Gasteiger partial charge is 0.312 e. The van der Waals surface area contributed by atoms with Gasteiger partial charge in [-0.1, -0.05) is 30.3 Å². The van der Waals surface area contributed by atoms with Gasteiger partial charge in [-0.3, -0.25) is 4.68 Å². The highest BCUT2D eigenvalue weighted by molar-refractivity contribution is 5.61. The topological polar surface area (TPSA) is 29.9 Å². The lowest BCUT2D eigenvalue weighted by molar-refractivity contribution is 0.153. The smallest absolute Gasteiger partial charge is 0.0568 e. The zero-order valence-electron chi connectivity index (χ0n) is 13.2. The molecule has 1 aromatic carbocycles. The average Bonchev–Trinajstić information content (AvgIpc) is 2.86. The molecule has 1 aromatic heterocycles. The van der Waals surface area contributed by atoms with Crippen molar-refractivity contribution in [1.82, 2.24) is 15.1 Å². The first-order valence-corrected chi connectivity index (χ1v) is 7.87. The van der Waals surface area contributed by atoms with E-state index in [0.29, 0.717) is 12.0 Å². The highest BCUT2D eigenvalue weighted by Gasteiger charge is 2.33. The number of aromatic nitrogens is 2. The Morgan fingerprint density at radius 1 is 1.14 bits per heavy atom. The van der Waals surface area contributed by atoms with Crippen LogP contribution in [0.15, 0.2) is 42.7 Å². The Kier molecular flexibility index (Phi) is 3.85. The van der Waals surface area contributed by atoms with Crippen LogP contribution >= 0.6 is 0 Å². The van der Waals surface area contributed by atoms with Crippen LogP contribution in [0.3, 0.4) is 0 Å². The van der Waals surface area contributed by atoms with Crippen LogP contribution in [0.1, 0.15) is 39.7 Å². The van der Waals surface area contributed by atoms with E-state index in [1.54, 1.807) is 0 Å². The molecular formula is C18H25N3. The van der Waals surface area contributed by atoms with E-state index in [1.807, 2.05) is 12.3 Å². The van der Waals surface area contributed by atoms with Crippen molar-refractivity contribution >= 4 is 0 Å². The number of hydrogen-bond donors (Lipinski definition) is 1. The normalized spacial score (nSPS) is 22.0. The molecule has 2 aromatic rings. The zero-order chi connectivity index (χ0) is 14.9. The van der Waals surface area contributed by atoms with Gasteiger partial charge in [0.25, 0.3) is 0 Å². The fraction of sp³-hybridized carbons (Fsp3) is 0.500. The molecule has 0 aliphatic heterocycles. The predicted octanol–water partition coefficient (Wildman–Crippen LogP) is 3.89. The lowest BCUT2D eigenvalue weighted by Gasteiger charge is -2.38. The SMILES string of the molecule is CC(C)(C)NCC1CCC1n1cc(-c2ccccc2)cn1. The second-order valence-corrected chi connectivity index (χ2v) is 7.11. The summed E-state index contributed by atoms with van der Waals surface area (Å²) in [6, 6.07) is 11.0. The van der Waals surface area contributed by atoms with Gasteiger partial charge in [0.1, 0.15) is 0 Å². The summed E-state index contributed by atoms with van der Waals surface area (Å²) in [6.07, 6.45) is 6.73. The van der Waals surface area contributed by atoms with Crippen molar-refractivity contribution in [2.24, 2.45) is 5.92 Å². The van der Waals surface area contributed by atoms with Gasteiger partial charge in [0.05, 0.1) is 12.2 Å². The van der Waals surface area contributed by atoms with Gasteiger partial charge in [-0.05, 0) is 45.1 Å². The first-order valence-electron chi connectivity index (χ1n) is 7.87. The van der Waals surface area contributed by atoms with Crippen molar-refractivity contribution < 1.29 is 0 Å². The molecule has 0 amide bonds. The number of hydrogen-bond acceptors (Lipinski definition) is 2. The van der Waals surface area contributed by atoms with Gasteiger partial charge in [-0.2, -0.15) is 5.10 Å². The Morgan fingerprint density at radius 2 is 1.90 bits per heavy atom. The van der Waals surface area contributed by atoms with Crippen molar-refractivity contribution in [3.63, 3.8) is 0 Å². The maximum atomic E-state index is 4.60. The fourth-order valence-electron chi connectivity index (χ4n) is 2.87. The minimum absolute atomic E-state index is 0.194. The van der Waals surface area contributed by atoms with Crippen molar-refractivity contribution in [2.45, 2.75) is 45.2 Å². The first kappa shape index (κ1) is 14.3. The third-order valence-electron chi connectivity index (χ3n) is 4.32. The molecule has 0 bridgehead atoms. The summed E-state index contributed by atoms with van der Waals surface area (Å²) >= 11 is 0. The second kappa shape index (κ2) is 5.64. The van der Waals surface area contributed by atoms with E-state index in [-0.39, 0.29) is 5.54 Å². The van der Waals surface area contributed by atoms with Gasteiger partial charge in [0.15, 0.2) is 0 Å². The third kappa shape index (κ3) is 3.35. The summed E-state index contributed by atoms with van der Waals surface area (Å²) in [4.78, 5) is 0. The average molecular weight is 283 g/mol. The Balaban J connectivity index is 1.67. The van der Waals surface area contributed by atoms with E-state index in [1.165, 1.54) is 24.0 Å². The number of nitrogens with one attached hydrogen (secondary N) is 1. The molecule has 3 heteroatoms. The molecular weight excluding hydrogens is 258 g/mol. The maximum Gasteiger partial charge on any atom is 0.0568 e. The zero-order valence-corrected chi connectivity index (χ0v) is 13.2. The summed E-state index contributed by atoms with van der Waals surface area (Å²) in [5.74, 6) is 0.702. The van der Waals surface area contributed by atoms with Crippen LogP contribution in [0, 0.1) is 5.92 Å². The highest BCUT2D eigenvalue weighted by atomic mass is 15.3. The lowest BCUT2D eigenvalue weighted by Crippen LogP contribution is -2.44. The summed E-state index contributed by atoms with van der Waals surface area (Å²) in [7, 11) is 0. The Hall–Kier alpha value is -1.61. The van der Waals surface area contributed by atoms with Crippen molar-refractivity contribution in [3.05, 3.63) is 42.7 Å². The molecule has 1 fully saturated rings. The molecule has 1 N–H and O–H groups in total. The lowest BCUT2D eigenvalue weighted by atomic mass is 9.79. The first-order chi connectivity index (χ1) is 10.0. The molecule has 2 unspecified atom stereocenters. The second-order valence-electron chi connectivity index (χ2n) is 7.11. The van der Waals surface area contributed by atoms with Crippen LogP contribution in [0.4, 0.5) is 0 Å². The van der Waals surface area contributed by atoms with Gasteiger partial charge in [-0.25, -0.2) is 0 Å². The van der Waals surface area contributed by atoms with Crippen molar-refractivity contribution in [3.8, 4) is 11.1 Å². The van der Waals surface area contributed by atoms with Crippen molar-refractivity contribution in [2.75, 3.05) is 6.54 Å². The molecule has 1 heterocycles. The molecule has 21 heavy (non-hydrogen) atoms. The summed E-state index contributed by atoms with van der Waals surface area (Å²) in [6.45, 7) is 7.75. The number of rotatable bonds is 4. The standard InChI is InChI=1S/C18H25N3/c1-18(2,3)19-11-15-9-10-17(15)21-13-16(12-20-21)14-7-5-4-6-8-14/h4-8,12-13,15,17,19H,9-11H2,1-3H3. The van der Waals surface area contributed by atoms with E-state index in [4.69, 9.17) is 0 Å². The van der Waals surface area contributed by atoms with Crippen LogP contribution in [0.5, 0.6) is 0 Å². The molecule has 1 aliphatic carbocycles. The Morgan fingerprint density at radius 3 is 2.52 bits per heavy atom. The molecule has 0 spiro atoms. The molecule has 3 nitrogen and oxygen atoms in total. The quantitative estimate of drug-likeness (QED) is 0.922. The minimum Gasteiger partial charge on any atom is -0.312 e. The van der Waals surface area contributed by atoms with Gasteiger partial charge >= 0.3 is 0 Å². The third-order valence-corrected chi connectivity index (χ3v) is 4.32. The molecule has 0 saturated heterocycles. The van der Waals surface area contributed by atoms with Crippen molar-refractivity contribution in [1.29, 1.82) is 0 Å². The summed E-state index contributed by atoms with van der Waals surface area (Å²) in [5, 5.41) is 8.22. The van der Waals surface area contributed by atoms with E-state index in [0.717, 1.165) is 6.54 Å². The minimum atomic E-state index is 0.194. The monoisotopic (exact) mass is 283 g/mol. The molecule has 0 radical (unpaired) electrons. The van der Waals surface area contributed by atoms with Crippen LogP contribution in [0.25, 0.3) is 11.1 Å². The van der Waals surface area contributed by atoms with Gasteiger partial charge in [-0.15, -0.1) is 0 Å². The molecule has 3 rings (SSSR count). The van der Waals surface area contributed by atoms with Crippen LogP contribution in [-0.2, 0) is 0 Å². The van der Waals surface area contributed by atoms with E-state index >= 15 is 0 Å². The molecule has 1 aliphatic rings. The summed E-state index contributed by atoms with van der Waals surface area (Å²) in [5.41, 5.74) is 2.65. The molecule has 1 saturated carbocycles. The van der Waals surface area contributed by atoms with E-state index < -0.39 is 0 Å². The summed E-state index contributed by atoms with van der Waals surface area (Å²) < 4.78 is 2.17.